The maximum absolute atomic E-state index is 12.6. The van der Waals surface area contributed by atoms with Crippen LogP contribution in [0.3, 0.4) is 0 Å². The Hall–Kier alpha value is -1.92. The van der Waals surface area contributed by atoms with Crippen LogP contribution < -0.4 is 5.32 Å². The van der Waals surface area contributed by atoms with Gasteiger partial charge in [0.1, 0.15) is 0 Å². The molecule has 85 heavy (non-hydrogen) atoms. The molecule has 0 fully saturated rings. The SMILES string of the molecule is CCCCCCCC/C=C\CCCCCCCCCC(=O)OCCCCCCCCCCCCCC/C=C\CCCCCCCCCCCCC(=O)NC(CO)C(O)/C=C/CCCCCCCCCCCCCCCCCCCCCCCCC. The van der Waals surface area contributed by atoms with Crippen molar-refractivity contribution in [2.45, 2.75) is 443 Å². The number of aliphatic hydroxyl groups is 2. The van der Waals surface area contributed by atoms with Crippen molar-refractivity contribution >= 4 is 11.9 Å². The predicted molar refractivity (Wildman–Crippen MR) is 375 cm³/mol. The minimum absolute atomic E-state index is 0.0114. The normalized spacial score (nSPS) is 12.7. The van der Waals surface area contributed by atoms with E-state index < -0.39 is 12.1 Å². The Balaban J connectivity index is 3.41. The van der Waals surface area contributed by atoms with E-state index in [1.54, 1.807) is 6.08 Å². The van der Waals surface area contributed by atoms with E-state index in [1.807, 2.05) is 6.08 Å². The van der Waals surface area contributed by atoms with E-state index in [-0.39, 0.29) is 18.5 Å². The molecule has 2 atom stereocenters. The molecule has 0 aromatic rings. The Labute approximate surface area is 532 Å². The van der Waals surface area contributed by atoms with E-state index in [9.17, 15) is 19.8 Å². The molecule has 3 N–H and O–H groups in total. The number of aliphatic hydroxyl groups excluding tert-OH is 2. The summed E-state index contributed by atoms with van der Waals surface area (Å²) in [5, 5.41) is 23.3. The number of unbranched alkanes of at least 4 members (excludes halogenated alkanes) is 58. The molecule has 0 saturated heterocycles. The number of carbonyl (C=O) groups excluding carboxylic acids is 2. The van der Waals surface area contributed by atoms with Gasteiger partial charge in [0.2, 0.25) is 5.91 Å². The third kappa shape index (κ3) is 71.0. The number of hydrogen-bond acceptors (Lipinski definition) is 5. The Kier molecular flexibility index (Phi) is 72.9. The Morgan fingerprint density at radius 3 is 0.835 bits per heavy atom. The molecule has 0 radical (unpaired) electrons. The summed E-state index contributed by atoms with van der Waals surface area (Å²) in [5.41, 5.74) is 0. The lowest BCUT2D eigenvalue weighted by atomic mass is 10.0. The molecule has 0 heterocycles. The summed E-state index contributed by atoms with van der Waals surface area (Å²) in [6, 6.07) is -0.631. The van der Waals surface area contributed by atoms with Gasteiger partial charge in [0.15, 0.2) is 0 Å². The molecule has 0 spiro atoms. The molecule has 0 aromatic carbocycles. The maximum Gasteiger partial charge on any atom is 0.305 e. The van der Waals surface area contributed by atoms with Gasteiger partial charge >= 0.3 is 5.97 Å². The van der Waals surface area contributed by atoms with Crippen molar-refractivity contribution in [2.24, 2.45) is 0 Å². The molecule has 0 saturated carbocycles. The topological polar surface area (TPSA) is 95.9 Å². The van der Waals surface area contributed by atoms with Crippen molar-refractivity contribution in [3.8, 4) is 0 Å². The predicted octanol–water partition coefficient (Wildman–Crippen LogP) is 25.4. The second-order valence-electron chi connectivity index (χ2n) is 26.7. The summed E-state index contributed by atoms with van der Waals surface area (Å²) in [6.45, 7) is 4.94. The van der Waals surface area contributed by atoms with Gasteiger partial charge in [-0.25, -0.2) is 0 Å². The van der Waals surface area contributed by atoms with Gasteiger partial charge in [-0.15, -0.1) is 0 Å². The first kappa shape index (κ1) is 83.1. The summed E-state index contributed by atoms with van der Waals surface area (Å²) in [4.78, 5) is 24.7. The second kappa shape index (κ2) is 74.5. The molecule has 0 aliphatic rings. The van der Waals surface area contributed by atoms with Crippen LogP contribution in [0.1, 0.15) is 431 Å². The molecular weight excluding hydrogens is 1040 g/mol. The largest absolute Gasteiger partial charge is 0.466 e. The third-order valence-corrected chi connectivity index (χ3v) is 18.1. The van der Waals surface area contributed by atoms with Crippen LogP contribution in [0.25, 0.3) is 0 Å². The Morgan fingerprint density at radius 1 is 0.318 bits per heavy atom. The van der Waals surface area contributed by atoms with Crippen molar-refractivity contribution in [1.29, 1.82) is 0 Å². The lowest BCUT2D eigenvalue weighted by Gasteiger charge is -2.20. The number of esters is 1. The zero-order valence-corrected chi connectivity index (χ0v) is 57.6. The molecule has 0 rings (SSSR count). The summed E-state index contributed by atoms with van der Waals surface area (Å²) < 4.78 is 5.50. The van der Waals surface area contributed by atoms with E-state index in [0.717, 1.165) is 44.9 Å². The average molecular weight is 1200 g/mol. The highest BCUT2D eigenvalue weighted by Crippen LogP contribution is 2.19. The van der Waals surface area contributed by atoms with Crippen molar-refractivity contribution in [1.82, 2.24) is 5.32 Å². The molecule has 0 aliphatic heterocycles. The number of hydrogen-bond donors (Lipinski definition) is 3. The molecule has 6 heteroatoms. The second-order valence-corrected chi connectivity index (χ2v) is 26.7. The highest BCUT2D eigenvalue weighted by atomic mass is 16.5. The van der Waals surface area contributed by atoms with E-state index in [0.29, 0.717) is 19.4 Å². The standard InChI is InChI=1S/C79H151NO5/c1-3-5-7-9-11-13-15-17-19-21-22-23-24-27-30-33-36-40-43-47-51-55-59-63-67-71-77(82)76(75-81)80-78(83)72-68-64-60-56-52-48-44-41-37-34-31-28-25-26-29-32-35-38-42-46-50-54-58-62-66-70-74-85-79(84)73-69-65-61-57-53-49-45-39-20-18-16-14-12-10-8-6-4-2/h18,20,25,28,67,71,76-77,81-82H,3-17,19,21-24,26-27,29-66,68-70,72-75H2,1-2H3,(H,80,83)/b20-18-,28-25-,71-67+. The lowest BCUT2D eigenvalue weighted by molar-refractivity contribution is -0.143. The number of carbonyl (C=O) groups is 2. The molecule has 0 bridgehead atoms. The minimum atomic E-state index is -0.848. The summed E-state index contributed by atoms with van der Waals surface area (Å²) in [5.74, 6) is -0.0537. The fourth-order valence-corrected chi connectivity index (χ4v) is 12.2. The van der Waals surface area contributed by atoms with Crippen LogP contribution >= 0.6 is 0 Å². The van der Waals surface area contributed by atoms with Gasteiger partial charge in [-0.1, -0.05) is 371 Å². The van der Waals surface area contributed by atoms with Crippen LogP contribution in [0, 0.1) is 0 Å². The molecule has 502 valence electrons. The lowest BCUT2D eigenvalue weighted by Crippen LogP contribution is -2.45. The van der Waals surface area contributed by atoms with Gasteiger partial charge in [-0.05, 0) is 83.5 Å². The quantitative estimate of drug-likeness (QED) is 0.0320. The molecule has 6 nitrogen and oxygen atoms in total. The van der Waals surface area contributed by atoms with Crippen molar-refractivity contribution in [3.63, 3.8) is 0 Å². The third-order valence-electron chi connectivity index (χ3n) is 18.1. The van der Waals surface area contributed by atoms with Gasteiger partial charge in [0.25, 0.3) is 0 Å². The van der Waals surface area contributed by atoms with Crippen molar-refractivity contribution in [2.75, 3.05) is 13.2 Å². The van der Waals surface area contributed by atoms with Crippen LogP contribution in [0.2, 0.25) is 0 Å². The van der Waals surface area contributed by atoms with E-state index in [1.165, 1.54) is 360 Å². The van der Waals surface area contributed by atoms with Crippen LogP contribution in [-0.2, 0) is 14.3 Å². The van der Waals surface area contributed by atoms with Gasteiger partial charge in [0, 0.05) is 12.8 Å². The highest BCUT2D eigenvalue weighted by Gasteiger charge is 2.18. The van der Waals surface area contributed by atoms with Crippen LogP contribution in [0.15, 0.2) is 36.5 Å². The first-order valence-electron chi connectivity index (χ1n) is 38.8. The Morgan fingerprint density at radius 2 is 0.553 bits per heavy atom. The van der Waals surface area contributed by atoms with Crippen molar-refractivity contribution < 1.29 is 24.5 Å². The van der Waals surface area contributed by atoms with Gasteiger partial charge in [0.05, 0.1) is 25.4 Å². The zero-order valence-electron chi connectivity index (χ0n) is 57.6. The van der Waals surface area contributed by atoms with Gasteiger partial charge in [-0.3, -0.25) is 9.59 Å². The number of amides is 1. The van der Waals surface area contributed by atoms with Gasteiger partial charge in [-0.2, -0.15) is 0 Å². The van der Waals surface area contributed by atoms with Gasteiger partial charge < -0.3 is 20.3 Å². The van der Waals surface area contributed by atoms with E-state index in [2.05, 4.69) is 43.5 Å². The molecule has 0 aromatic heterocycles. The summed E-state index contributed by atoms with van der Waals surface area (Å²) in [6.07, 6.45) is 96.8. The van der Waals surface area contributed by atoms with Crippen LogP contribution in [0.5, 0.6) is 0 Å². The molecular formula is C79H151NO5. The number of ether oxygens (including phenoxy) is 1. The molecule has 0 aliphatic carbocycles. The first-order chi connectivity index (χ1) is 42.0. The fraction of sp³-hybridized carbons (Fsp3) is 0.899. The fourth-order valence-electron chi connectivity index (χ4n) is 12.2. The smallest absolute Gasteiger partial charge is 0.305 e. The molecule has 1 amide bonds. The average Bonchev–Trinajstić information content (AvgIpc) is 3.51. The highest BCUT2D eigenvalue weighted by molar-refractivity contribution is 5.76. The minimum Gasteiger partial charge on any atom is -0.466 e. The van der Waals surface area contributed by atoms with E-state index in [4.69, 9.17) is 4.74 Å². The number of nitrogens with one attached hydrogen (secondary N) is 1. The first-order valence-corrected chi connectivity index (χ1v) is 38.8. The number of rotatable bonds is 73. The van der Waals surface area contributed by atoms with Crippen LogP contribution in [0.4, 0.5) is 0 Å². The maximum atomic E-state index is 12.6. The van der Waals surface area contributed by atoms with Crippen LogP contribution in [-0.4, -0.2) is 47.4 Å². The summed E-state index contributed by atoms with van der Waals surface area (Å²) in [7, 11) is 0. The number of allylic oxidation sites excluding steroid dienone is 5. The summed E-state index contributed by atoms with van der Waals surface area (Å²) >= 11 is 0. The molecule has 2 unspecified atom stereocenters. The zero-order chi connectivity index (χ0) is 61.3. The monoisotopic (exact) mass is 1190 g/mol. The van der Waals surface area contributed by atoms with Crippen molar-refractivity contribution in [3.05, 3.63) is 36.5 Å². The van der Waals surface area contributed by atoms with E-state index >= 15 is 0 Å². The Bertz CT molecular complexity index is 1380.